The van der Waals surface area contributed by atoms with Crippen molar-refractivity contribution in [3.8, 4) is 0 Å². The molecular weight excluding hydrogens is 431 g/mol. The minimum absolute atomic E-state index is 0.0916. The fourth-order valence-corrected chi connectivity index (χ4v) is 3.76. The zero-order chi connectivity index (χ0) is 23.8. The summed E-state index contributed by atoms with van der Waals surface area (Å²) in [7, 11) is 0. The first-order valence-corrected chi connectivity index (χ1v) is 10.5. The van der Waals surface area contributed by atoms with Gasteiger partial charge in [0, 0.05) is 32.0 Å². The van der Waals surface area contributed by atoms with Gasteiger partial charge in [0.1, 0.15) is 5.60 Å². The average Bonchev–Trinajstić information content (AvgIpc) is 3.15. The van der Waals surface area contributed by atoms with Gasteiger partial charge in [-0.3, -0.25) is 14.6 Å². The molecule has 1 atom stereocenters. The Kier molecular flexibility index (Phi) is 8.99. The largest absolute Gasteiger partial charge is 0.490 e. The molecule has 178 valence electrons. The van der Waals surface area contributed by atoms with Gasteiger partial charge in [-0.25, -0.2) is 4.79 Å². The molecule has 3 rings (SSSR count). The number of hydrogen-bond donors (Lipinski definition) is 2. The molecule has 0 bridgehead atoms. The number of aromatic nitrogens is 1. The maximum absolute atomic E-state index is 12.1. The van der Waals surface area contributed by atoms with Gasteiger partial charge in [-0.2, -0.15) is 13.2 Å². The van der Waals surface area contributed by atoms with Crippen molar-refractivity contribution in [2.45, 2.75) is 50.8 Å². The van der Waals surface area contributed by atoms with Crippen LogP contribution in [0.1, 0.15) is 49.4 Å². The molecule has 0 radical (unpaired) electrons. The lowest BCUT2D eigenvalue weighted by atomic mass is 9.78. The topological polar surface area (TPSA) is 109 Å². The van der Waals surface area contributed by atoms with Gasteiger partial charge >= 0.3 is 12.1 Å². The van der Waals surface area contributed by atoms with Crippen LogP contribution in [0.15, 0.2) is 24.5 Å². The third-order valence-corrected chi connectivity index (χ3v) is 5.56. The summed E-state index contributed by atoms with van der Waals surface area (Å²) in [5.41, 5.74) is 0.400. The molecule has 2 aliphatic heterocycles. The second-order valence-electron chi connectivity index (χ2n) is 7.84. The Labute approximate surface area is 184 Å². The van der Waals surface area contributed by atoms with Crippen LogP contribution in [0.3, 0.4) is 0 Å². The predicted octanol–water partition coefficient (Wildman–Crippen LogP) is 2.64. The quantitative estimate of drug-likeness (QED) is 0.649. The number of carboxylic acid groups (broad SMARTS) is 1. The molecule has 2 N–H and O–H groups in total. The second-order valence-corrected chi connectivity index (χ2v) is 7.84. The van der Waals surface area contributed by atoms with Crippen molar-refractivity contribution in [1.82, 2.24) is 15.2 Å². The standard InChI is InChI=1S/C19H27N3O3.C2HF3O2/c1-2-3-6-17(23)22-13-19(14-22)16(8-11-25-19)7-10-21-18(24)15-5-4-9-20-12-15;3-2(4,5)1(6)7/h4-5,9,12,16H,2-3,6-8,10-11,13-14H2,1H3,(H,21,24);(H,6,7). The first kappa shape index (κ1) is 25.6. The molecule has 0 aliphatic carbocycles. The highest BCUT2D eigenvalue weighted by Crippen LogP contribution is 2.41. The van der Waals surface area contributed by atoms with Crippen LogP contribution in [-0.4, -0.2) is 70.8 Å². The molecule has 2 amide bonds. The molecule has 1 spiro atoms. The van der Waals surface area contributed by atoms with E-state index >= 15 is 0 Å². The van der Waals surface area contributed by atoms with E-state index < -0.39 is 12.1 Å². The maximum atomic E-state index is 12.1. The van der Waals surface area contributed by atoms with Gasteiger partial charge in [-0.15, -0.1) is 0 Å². The van der Waals surface area contributed by atoms with Crippen LogP contribution in [0.4, 0.5) is 13.2 Å². The summed E-state index contributed by atoms with van der Waals surface area (Å²) in [6.45, 7) is 4.87. The number of carbonyl (C=O) groups is 3. The number of likely N-dealkylation sites (tertiary alicyclic amines) is 1. The number of ether oxygens (including phenoxy) is 1. The first-order chi connectivity index (χ1) is 15.1. The van der Waals surface area contributed by atoms with Crippen LogP contribution in [0, 0.1) is 5.92 Å². The Morgan fingerprint density at radius 2 is 2.03 bits per heavy atom. The zero-order valence-corrected chi connectivity index (χ0v) is 17.9. The normalized spacial score (nSPS) is 19.0. The zero-order valence-electron chi connectivity index (χ0n) is 17.9. The lowest BCUT2D eigenvalue weighted by Crippen LogP contribution is -2.66. The van der Waals surface area contributed by atoms with Gasteiger partial charge in [0.25, 0.3) is 5.91 Å². The molecule has 0 aromatic carbocycles. The van der Waals surface area contributed by atoms with Crippen LogP contribution >= 0.6 is 0 Å². The summed E-state index contributed by atoms with van der Waals surface area (Å²) < 4.78 is 37.7. The summed E-state index contributed by atoms with van der Waals surface area (Å²) in [4.78, 5) is 38.9. The minimum Gasteiger partial charge on any atom is -0.475 e. The van der Waals surface area contributed by atoms with E-state index in [1.165, 1.54) is 0 Å². The number of carbonyl (C=O) groups excluding carboxylic acids is 2. The van der Waals surface area contributed by atoms with Crippen molar-refractivity contribution < 1.29 is 37.4 Å². The Bertz CT molecular complexity index is 783. The van der Waals surface area contributed by atoms with Gasteiger partial charge in [-0.1, -0.05) is 13.3 Å². The first-order valence-electron chi connectivity index (χ1n) is 10.5. The lowest BCUT2D eigenvalue weighted by molar-refractivity contribution is -0.192. The smallest absolute Gasteiger partial charge is 0.475 e. The van der Waals surface area contributed by atoms with Crippen molar-refractivity contribution in [3.63, 3.8) is 0 Å². The van der Waals surface area contributed by atoms with Crippen LogP contribution in [-0.2, 0) is 14.3 Å². The molecule has 1 aromatic rings. The van der Waals surface area contributed by atoms with E-state index in [9.17, 15) is 22.8 Å². The number of carboxylic acids is 1. The molecule has 1 unspecified atom stereocenters. The van der Waals surface area contributed by atoms with Crippen molar-refractivity contribution in [2.24, 2.45) is 5.92 Å². The number of aliphatic carboxylic acids is 1. The third kappa shape index (κ3) is 6.91. The molecule has 8 nitrogen and oxygen atoms in total. The fourth-order valence-electron chi connectivity index (χ4n) is 3.76. The molecule has 0 saturated carbocycles. The molecule has 3 heterocycles. The number of rotatable bonds is 7. The van der Waals surface area contributed by atoms with Crippen LogP contribution in [0.5, 0.6) is 0 Å². The molecule has 2 fully saturated rings. The van der Waals surface area contributed by atoms with E-state index in [1.807, 2.05) is 4.90 Å². The molecule has 1 aromatic heterocycles. The Balaban J connectivity index is 0.000000451. The van der Waals surface area contributed by atoms with E-state index in [4.69, 9.17) is 14.6 Å². The number of alkyl halides is 3. The van der Waals surface area contributed by atoms with Crippen LogP contribution < -0.4 is 5.32 Å². The molecule has 2 aliphatic rings. The summed E-state index contributed by atoms with van der Waals surface area (Å²) >= 11 is 0. The average molecular weight is 459 g/mol. The number of pyridine rings is 1. The highest BCUT2D eigenvalue weighted by molar-refractivity contribution is 5.93. The maximum Gasteiger partial charge on any atom is 0.490 e. The van der Waals surface area contributed by atoms with Crippen LogP contribution in [0.2, 0.25) is 0 Å². The number of nitrogens with one attached hydrogen (secondary N) is 1. The van der Waals surface area contributed by atoms with Gasteiger partial charge < -0.3 is 20.1 Å². The van der Waals surface area contributed by atoms with Crippen LogP contribution in [0.25, 0.3) is 0 Å². The van der Waals surface area contributed by atoms with Gasteiger partial charge in [0.15, 0.2) is 0 Å². The van der Waals surface area contributed by atoms with E-state index in [0.717, 1.165) is 32.3 Å². The summed E-state index contributed by atoms with van der Waals surface area (Å²) in [6.07, 6.45) is 2.65. The minimum atomic E-state index is -5.08. The van der Waals surface area contributed by atoms with Gasteiger partial charge in [0.2, 0.25) is 5.91 Å². The highest BCUT2D eigenvalue weighted by atomic mass is 19.4. The van der Waals surface area contributed by atoms with E-state index in [1.54, 1.807) is 24.5 Å². The number of unbranched alkanes of at least 4 members (excludes halogenated alkanes) is 1. The van der Waals surface area contributed by atoms with Gasteiger partial charge in [0.05, 0.1) is 18.7 Å². The number of nitrogens with zero attached hydrogens (tertiary/aromatic N) is 2. The number of amides is 2. The highest BCUT2D eigenvalue weighted by Gasteiger charge is 2.53. The second kappa shape index (κ2) is 11.3. The third-order valence-electron chi connectivity index (χ3n) is 5.56. The molecule has 2 saturated heterocycles. The summed E-state index contributed by atoms with van der Waals surface area (Å²) in [5.74, 6) is -2.21. The summed E-state index contributed by atoms with van der Waals surface area (Å²) in [6, 6.07) is 3.52. The van der Waals surface area contributed by atoms with Crippen molar-refractivity contribution in [2.75, 3.05) is 26.2 Å². The number of halogens is 3. The molecule has 32 heavy (non-hydrogen) atoms. The van der Waals surface area contributed by atoms with E-state index in [0.29, 0.717) is 37.5 Å². The molecule has 11 heteroatoms. The SMILES string of the molecule is CCCCC(=O)N1CC2(C1)OCCC2CCNC(=O)c1cccnc1.O=C(O)C(F)(F)F. The Morgan fingerprint density at radius 3 is 2.59 bits per heavy atom. The van der Waals surface area contributed by atoms with Crippen molar-refractivity contribution in [1.29, 1.82) is 0 Å². The van der Waals surface area contributed by atoms with Crippen molar-refractivity contribution >= 4 is 17.8 Å². The predicted molar refractivity (Wildman–Crippen MR) is 108 cm³/mol. The monoisotopic (exact) mass is 459 g/mol. The number of hydrogen-bond acceptors (Lipinski definition) is 5. The van der Waals surface area contributed by atoms with Gasteiger partial charge in [-0.05, 0) is 37.3 Å². The van der Waals surface area contributed by atoms with E-state index in [2.05, 4.69) is 17.2 Å². The van der Waals surface area contributed by atoms with E-state index in [-0.39, 0.29) is 17.4 Å². The fraction of sp³-hybridized carbons (Fsp3) is 0.619. The lowest BCUT2D eigenvalue weighted by Gasteiger charge is -2.50. The molecular formula is C21H28F3N3O5. The Hall–Kier alpha value is -2.69. The van der Waals surface area contributed by atoms with Crippen molar-refractivity contribution in [3.05, 3.63) is 30.1 Å². The Morgan fingerprint density at radius 1 is 1.34 bits per heavy atom. The summed E-state index contributed by atoms with van der Waals surface area (Å²) in [5, 5.41) is 10.1.